The monoisotopic (exact) mass is 154 g/mol. The van der Waals surface area contributed by atoms with Crippen molar-refractivity contribution in [3.63, 3.8) is 0 Å². The molecule has 0 bridgehead atoms. The van der Waals surface area contributed by atoms with E-state index in [1.54, 1.807) is 0 Å². The number of hydrogen-bond donors (Lipinski definition) is 0. The predicted molar refractivity (Wildman–Crippen MR) is 50.5 cm³/mol. The van der Waals surface area contributed by atoms with Crippen LogP contribution in [-0.4, -0.2) is 0 Å². The van der Waals surface area contributed by atoms with Gasteiger partial charge in [-0.15, -0.1) is 0 Å². The van der Waals surface area contributed by atoms with Crippen molar-refractivity contribution in [3.05, 3.63) is 0 Å². The summed E-state index contributed by atoms with van der Waals surface area (Å²) < 4.78 is 0. The summed E-state index contributed by atoms with van der Waals surface area (Å²) in [6.45, 7) is 12.0. The average Bonchev–Trinajstić information content (AvgIpc) is 2.14. The Balaban J connectivity index is 2.71. The zero-order chi connectivity index (χ0) is 8.65. The van der Waals surface area contributed by atoms with E-state index in [-0.39, 0.29) is 0 Å². The maximum absolute atomic E-state index is 2.43. The number of rotatable bonds is 1. The summed E-state index contributed by atoms with van der Waals surface area (Å²) >= 11 is 0. The summed E-state index contributed by atoms with van der Waals surface area (Å²) in [7, 11) is 0. The Hall–Kier alpha value is 0. The minimum absolute atomic E-state index is 0.584. The molecule has 0 heterocycles. The maximum atomic E-state index is 2.43. The molecule has 1 aliphatic carbocycles. The highest BCUT2D eigenvalue weighted by atomic mass is 14.5. The van der Waals surface area contributed by atoms with E-state index in [9.17, 15) is 0 Å². The van der Waals surface area contributed by atoms with Gasteiger partial charge in [0.25, 0.3) is 0 Å². The fourth-order valence-corrected chi connectivity index (χ4v) is 2.54. The van der Waals surface area contributed by atoms with Gasteiger partial charge in [0, 0.05) is 0 Å². The highest BCUT2D eigenvalue weighted by Crippen LogP contribution is 2.51. The average molecular weight is 154 g/mol. The normalized spacial score (nSPS) is 42.8. The molecule has 3 atom stereocenters. The van der Waals surface area contributed by atoms with Crippen LogP contribution in [-0.2, 0) is 0 Å². The van der Waals surface area contributed by atoms with Crippen molar-refractivity contribution in [2.24, 2.45) is 23.2 Å². The summed E-state index contributed by atoms with van der Waals surface area (Å²) in [6, 6.07) is 0. The van der Waals surface area contributed by atoms with Gasteiger partial charge in [-0.1, -0.05) is 41.0 Å². The first-order chi connectivity index (χ1) is 5.00. The summed E-state index contributed by atoms with van der Waals surface area (Å²) in [5.41, 5.74) is 0.584. The van der Waals surface area contributed by atoms with Crippen LogP contribution in [0.5, 0.6) is 0 Å². The van der Waals surface area contributed by atoms with Crippen LogP contribution in [0.25, 0.3) is 0 Å². The van der Waals surface area contributed by atoms with Gasteiger partial charge in [0.05, 0.1) is 0 Å². The topological polar surface area (TPSA) is 0 Å². The molecule has 1 rings (SSSR count). The Morgan fingerprint density at radius 2 is 1.82 bits per heavy atom. The minimum atomic E-state index is 0.584. The van der Waals surface area contributed by atoms with E-state index in [1.807, 2.05) is 0 Å². The Morgan fingerprint density at radius 3 is 2.00 bits per heavy atom. The van der Waals surface area contributed by atoms with Crippen LogP contribution in [0.15, 0.2) is 0 Å². The van der Waals surface area contributed by atoms with Gasteiger partial charge in [-0.2, -0.15) is 0 Å². The molecule has 0 radical (unpaired) electrons. The molecule has 1 fully saturated rings. The van der Waals surface area contributed by atoms with E-state index in [4.69, 9.17) is 0 Å². The molecule has 0 heteroatoms. The van der Waals surface area contributed by atoms with Crippen LogP contribution in [0.3, 0.4) is 0 Å². The molecule has 11 heavy (non-hydrogen) atoms. The van der Waals surface area contributed by atoms with Crippen molar-refractivity contribution in [1.82, 2.24) is 0 Å². The molecule has 1 aliphatic rings. The quantitative estimate of drug-likeness (QED) is 0.540. The molecule has 0 aromatic carbocycles. The fraction of sp³-hybridized carbons (Fsp3) is 1.00. The molecule has 3 unspecified atom stereocenters. The van der Waals surface area contributed by atoms with Crippen molar-refractivity contribution in [1.29, 1.82) is 0 Å². The summed E-state index contributed by atoms with van der Waals surface area (Å²) in [5, 5.41) is 0. The minimum Gasteiger partial charge on any atom is -0.0651 e. The van der Waals surface area contributed by atoms with E-state index in [2.05, 4.69) is 34.6 Å². The van der Waals surface area contributed by atoms with Gasteiger partial charge in [-0.05, 0) is 29.6 Å². The van der Waals surface area contributed by atoms with E-state index in [0.717, 1.165) is 17.8 Å². The predicted octanol–water partition coefficient (Wildman–Crippen LogP) is 3.71. The highest BCUT2D eigenvalue weighted by molar-refractivity contribution is 4.92. The van der Waals surface area contributed by atoms with Crippen LogP contribution in [0.1, 0.15) is 47.5 Å². The van der Waals surface area contributed by atoms with Crippen molar-refractivity contribution < 1.29 is 0 Å². The largest absolute Gasteiger partial charge is 0.0651 e. The summed E-state index contributed by atoms with van der Waals surface area (Å²) in [4.78, 5) is 0. The maximum Gasteiger partial charge on any atom is -0.0300 e. The third-order valence-corrected chi connectivity index (χ3v) is 4.33. The van der Waals surface area contributed by atoms with Gasteiger partial charge < -0.3 is 0 Å². The smallest absolute Gasteiger partial charge is 0.0300 e. The van der Waals surface area contributed by atoms with Crippen LogP contribution in [0, 0.1) is 23.2 Å². The van der Waals surface area contributed by atoms with Crippen molar-refractivity contribution >= 4 is 0 Å². The Kier molecular flexibility index (Phi) is 2.32. The van der Waals surface area contributed by atoms with E-state index < -0.39 is 0 Å². The lowest BCUT2D eigenvalue weighted by Crippen LogP contribution is -2.22. The first-order valence-corrected chi connectivity index (χ1v) is 5.00. The molecule has 0 spiro atoms. The molecule has 0 aliphatic heterocycles. The second kappa shape index (κ2) is 2.80. The van der Waals surface area contributed by atoms with Gasteiger partial charge in [-0.3, -0.25) is 0 Å². The second-order valence-electron chi connectivity index (χ2n) is 4.92. The summed E-state index contributed by atoms with van der Waals surface area (Å²) in [5.74, 6) is 2.82. The fourth-order valence-electron chi connectivity index (χ4n) is 2.54. The molecule has 0 N–H and O–H groups in total. The lowest BCUT2D eigenvalue weighted by atomic mass is 9.75. The molecular weight excluding hydrogens is 132 g/mol. The highest BCUT2D eigenvalue weighted by Gasteiger charge is 2.42. The Bertz CT molecular complexity index is 135. The molecule has 66 valence electrons. The van der Waals surface area contributed by atoms with Crippen molar-refractivity contribution in [2.75, 3.05) is 0 Å². The van der Waals surface area contributed by atoms with Crippen LogP contribution < -0.4 is 0 Å². The zero-order valence-corrected chi connectivity index (χ0v) is 8.65. The van der Waals surface area contributed by atoms with E-state index in [1.165, 1.54) is 12.8 Å². The van der Waals surface area contributed by atoms with Gasteiger partial charge in [0.2, 0.25) is 0 Å². The van der Waals surface area contributed by atoms with Crippen molar-refractivity contribution in [2.45, 2.75) is 47.5 Å². The molecule has 0 aromatic heterocycles. The molecule has 1 saturated carbocycles. The summed E-state index contributed by atoms with van der Waals surface area (Å²) in [6.07, 6.45) is 2.82. The molecular formula is C11H22. The van der Waals surface area contributed by atoms with E-state index >= 15 is 0 Å². The second-order valence-corrected chi connectivity index (χ2v) is 4.92. The van der Waals surface area contributed by atoms with Crippen LogP contribution >= 0.6 is 0 Å². The van der Waals surface area contributed by atoms with Gasteiger partial charge in [0.1, 0.15) is 0 Å². The van der Waals surface area contributed by atoms with E-state index in [0.29, 0.717) is 5.41 Å². The van der Waals surface area contributed by atoms with Crippen molar-refractivity contribution in [3.8, 4) is 0 Å². The molecule has 0 aromatic rings. The first-order valence-electron chi connectivity index (χ1n) is 5.00. The SMILES string of the molecule is CCC1CC(C)C(C)(C)C1C. The first kappa shape index (κ1) is 9.09. The third kappa shape index (κ3) is 1.32. The third-order valence-electron chi connectivity index (χ3n) is 4.33. The van der Waals surface area contributed by atoms with Crippen LogP contribution in [0.4, 0.5) is 0 Å². The standard InChI is InChI=1S/C11H22/c1-6-10-7-8(2)11(4,5)9(10)3/h8-10H,6-7H2,1-5H3. The number of hydrogen-bond acceptors (Lipinski definition) is 0. The lowest BCUT2D eigenvalue weighted by Gasteiger charge is -2.30. The Morgan fingerprint density at radius 1 is 1.27 bits per heavy atom. The van der Waals surface area contributed by atoms with Crippen LogP contribution in [0.2, 0.25) is 0 Å². The lowest BCUT2D eigenvalue weighted by molar-refractivity contribution is 0.193. The van der Waals surface area contributed by atoms with Gasteiger partial charge in [-0.25, -0.2) is 0 Å². The van der Waals surface area contributed by atoms with Gasteiger partial charge >= 0.3 is 0 Å². The molecule has 0 nitrogen and oxygen atoms in total. The molecule has 0 amide bonds. The van der Waals surface area contributed by atoms with Gasteiger partial charge in [0.15, 0.2) is 0 Å². The zero-order valence-electron chi connectivity index (χ0n) is 8.65. The Labute approximate surface area is 71.4 Å². The molecule has 0 saturated heterocycles.